The van der Waals surface area contributed by atoms with Gasteiger partial charge in [0, 0.05) is 6.07 Å². The number of ether oxygens (including phenoxy) is 1. The number of carbonyl (C=O) groups excluding carboxylic acids is 1. The quantitative estimate of drug-likeness (QED) is 0.675. The van der Waals surface area contributed by atoms with Crippen LogP contribution in [0.15, 0.2) is 10.6 Å². The van der Waals surface area contributed by atoms with Gasteiger partial charge in [0.1, 0.15) is 12.2 Å². The predicted octanol–water partition coefficient (Wildman–Crippen LogP) is 1.43. The van der Waals surface area contributed by atoms with Crippen LogP contribution in [0.4, 0.5) is 0 Å². The highest BCUT2D eigenvalue weighted by molar-refractivity contribution is 6.29. The average molecular weight is 190 g/mol. The van der Waals surface area contributed by atoms with Gasteiger partial charge in [0.25, 0.3) is 0 Å². The van der Waals surface area contributed by atoms with E-state index in [0.717, 1.165) is 0 Å². The summed E-state index contributed by atoms with van der Waals surface area (Å²) in [7, 11) is 0. The molecule has 12 heavy (non-hydrogen) atoms. The molecule has 0 aliphatic carbocycles. The van der Waals surface area contributed by atoms with E-state index in [4.69, 9.17) is 16.1 Å². The second-order valence-electron chi connectivity index (χ2n) is 2.10. The number of carbonyl (C=O) groups is 1. The zero-order valence-electron chi connectivity index (χ0n) is 6.54. The average Bonchev–Trinajstić information content (AvgIpc) is 2.36. The third-order valence-electron chi connectivity index (χ3n) is 1.15. The van der Waals surface area contributed by atoms with Crippen molar-refractivity contribution in [1.29, 1.82) is 0 Å². The molecule has 0 saturated carbocycles. The van der Waals surface area contributed by atoms with Crippen molar-refractivity contribution in [3.8, 4) is 0 Å². The highest BCUT2D eigenvalue weighted by atomic mass is 35.5. The summed E-state index contributed by atoms with van der Waals surface area (Å²) in [5, 5.41) is 3.66. The van der Waals surface area contributed by atoms with E-state index in [1.54, 1.807) is 6.92 Å². The van der Waals surface area contributed by atoms with E-state index >= 15 is 0 Å². The van der Waals surface area contributed by atoms with Crippen LogP contribution in [0.3, 0.4) is 0 Å². The normalized spacial score (nSPS) is 9.83. The molecule has 0 saturated heterocycles. The van der Waals surface area contributed by atoms with Gasteiger partial charge in [-0.3, -0.25) is 4.79 Å². The molecule has 4 nitrogen and oxygen atoms in total. The number of hydrogen-bond acceptors (Lipinski definition) is 4. The van der Waals surface area contributed by atoms with Gasteiger partial charge in [-0.2, -0.15) is 0 Å². The number of hydrogen-bond donors (Lipinski definition) is 0. The first-order chi connectivity index (χ1) is 5.72. The van der Waals surface area contributed by atoms with Crippen LogP contribution in [-0.2, 0) is 16.0 Å². The van der Waals surface area contributed by atoms with Crippen LogP contribution in [0.2, 0.25) is 5.15 Å². The molecule has 0 amide bonds. The molecule has 0 fully saturated rings. The van der Waals surface area contributed by atoms with Crippen LogP contribution < -0.4 is 0 Å². The number of halogens is 1. The molecule has 1 heterocycles. The minimum atomic E-state index is -0.342. The Morgan fingerprint density at radius 1 is 1.83 bits per heavy atom. The Balaban J connectivity index is 2.46. The Kier molecular flexibility index (Phi) is 3.10. The van der Waals surface area contributed by atoms with Gasteiger partial charge in [0.2, 0.25) is 0 Å². The van der Waals surface area contributed by atoms with Gasteiger partial charge in [0.05, 0.1) is 6.61 Å². The first kappa shape index (κ1) is 9.06. The van der Waals surface area contributed by atoms with E-state index in [1.807, 2.05) is 0 Å². The van der Waals surface area contributed by atoms with Crippen molar-refractivity contribution >= 4 is 17.6 Å². The lowest BCUT2D eigenvalue weighted by molar-refractivity contribution is -0.142. The summed E-state index contributed by atoms with van der Waals surface area (Å²) in [6, 6.07) is 1.48. The van der Waals surface area contributed by atoms with Crippen LogP contribution in [0, 0.1) is 0 Å². The van der Waals surface area contributed by atoms with Gasteiger partial charge in [-0.05, 0) is 6.92 Å². The third-order valence-corrected chi connectivity index (χ3v) is 1.33. The molecule has 0 bridgehead atoms. The van der Waals surface area contributed by atoms with E-state index in [-0.39, 0.29) is 17.5 Å². The molecule has 0 spiro atoms. The summed E-state index contributed by atoms with van der Waals surface area (Å²) < 4.78 is 9.38. The molecule has 1 rings (SSSR count). The largest absolute Gasteiger partial charge is 0.466 e. The zero-order chi connectivity index (χ0) is 8.97. The monoisotopic (exact) mass is 189 g/mol. The number of rotatable bonds is 3. The first-order valence-electron chi connectivity index (χ1n) is 3.49. The molecule has 0 N–H and O–H groups in total. The van der Waals surface area contributed by atoms with Gasteiger partial charge < -0.3 is 9.26 Å². The van der Waals surface area contributed by atoms with Crippen molar-refractivity contribution in [2.75, 3.05) is 6.61 Å². The van der Waals surface area contributed by atoms with E-state index in [9.17, 15) is 4.79 Å². The Morgan fingerprint density at radius 3 is 3.08 bits per heavy atom. The molecular weight excluding hydrogens is 182 g/mol. The fourth-order valence-corrected chi connectivity index (χ4v) is 0.882. The molecule has 0 aliphatic heterocycles. The topological polar surface area (TPSA) is 52.3 Å². The van der Waals surface area contributed by atoms with E-state index < -0.39 is 0 Å². The van der Waals surface area contributed by atoms with Gasteiger partial charge >= 0.3 is 5.97 Å². The van der Waals surface area contributed by atoms with Gasteiger partial charge in [-0.25, -0.2) is 0 Å². The van der Waals surface area contributed by atoms with Crippen molar-refractivity contribution in [3.05, 3.63) is 17.0 Å². The predicted molar refractivity (Wildman–Crippen MR) is 41.9 cm³/mol. The SMILES string of the molecule is CCOC(=O)Cc1cc(Cl)no1. The van der Waals surface area contributed by atoms with Gasteiger partial charge in [0.15, 0.2) is 5.15 Å². The smallest absolute Gasteiger partial charge is 0.313 e. The van der Waals surface area contributed by atoms with E-state index in [1.165, 1.54) is 6.07 Å². The van der Waals surface area contributed by atoms with Crippen molar-refractivity contribution < 1.29 is 14.1 Å². The third kappa shape index (κ3) is 2.54. The Hall–Kier alpha value is -1.03. The fraction of sp³-hybridized carbons (Fsp3) is 0.429. The molecule has 0 atom stereocenters. The molecule has 66 valence electrons. The number of esters is 1. The van der Waals surface area contributed by atoms with E-state index in [2.05, 4.69) is 9.89 Å². The summed E-state index contributed by atoms with van der Waals surface area (Å²) in [6.45, 7) is 2.10. The summed E-state index contributed by atoms with van der Waals surface area (Å²) in [5.41, 5.74) is 0. The van der Waals surface area contributed by atoms with Gasteiger partial charge in [-0.15, -0.1) is 0 Å². The van der Waals surface area contributed by atoms with Crippen LogP contribution in [0.25, 0.3) is 0 Å². The maximum atomic E-state index is 10.9. The van der Waals surface area contributed by atoms with E-state index in [0.29, 0.717) is 12.4 Å². The van der Waals surface area contributed by atoms with Gasteiger partial charge in [-0.1, -0.05) is 16.8 Å². The van der Waals surface area contributed by atoms with Crippen molar-refractivity contribution in [2.45, 2.75) is 13.3 Å². The second-order valence-corrected chi connectivity index (χ2v) is 2.48. The van der Waals surface area contributed by atoms with Crippen molar-refractivity contribution in [3.63, 3.8) is 0 Å². The standard InChI is InChI=1S/C7H8ClNO3/c1-2-11-7(10)4-5-3-6(8)9-12-5/h3H,2,4H2,1H3. The lowest BCUT2D eigenvalue weighted by atomic mass is 10.3. The molecule has 0 radical (unpaired) electrons. The van der Waals surface area contributed by atoms with Crippen LogP contribution in [0.1, 0.15) is 12.7 Å². The first-order valence-corrected chi connectivity index (χ1v) is 3.87. The summed E-state index contributed by atoms with van der Waals surface area (Å²) >= 11 is 5.46. The van der Waals surface area contributed by atoms with Crippen molar-refractivity contribution in [1.82, 2.24) is 5.16 Å². The molecular formula is C7H8ClNO3. The molecule has 0 unspecified atom stereocenters. The van der Waals surface area contributed by atoms with Crippen LogP contribution in [-0.4, -0.2) is 17.7 Å². The minimum Gasteiger partial charge on any atom is -0.466 e. The number of nitrogens with zero attached hydrogens (tertiary/aromatic N) is 1. The lowest BCUT2D eigenvalue weighted by Crippen LogP contribution is -2.06. The van der Waals surface area contributed by atoms with Crippen LogP contribution >= 0.6 is 11.6 Å². The highest BCUT2D eigenvalue weighted by Gasteiger charge is 2.08. The fourth-order valence-electron chi connectivity index (χ4n) is 0.725. The zero-order valence-corrected chi connectivity index (χ0v) is 7.30. The summed E-state index contributed by atoms with van der Waals surface area (Å²) in [6.07, 6.45) is 0.0769. The second kappa shape index (κ2) is 4.11. The summed E-state index contributed by atoms with van der Waals surface area (Å²) in [5.74, 6) is 0.0729. The molecule has 5 heteroatoms. The molecule has 0 aromatic carbocycles. The highest BCUT2D eigenvalue weighted by Crippen LogP contribution is 2.09. The maximum absolute atomic E-state index is 10.9. The maximum Gasteiger partial charge on any atom is 0.313 e. The lowest BCUT2D eigenvalue weighted by Gasteiger charge is -1.96. The Labute approximate surface area is 74.4 Å². The Morgan fingerprint density at radius 2 is 2.58 bits per heavy atom. The minimum absolute atomic E-state index is 0.0769. The molecule has 1 aromatic heterocycles. The summed E-state index contributed by atoms with van der Waals surface area (Å²) in [4.78, 5) is 10.9. The number of aromatic nitrogens is 1. The van der Waals surface area contributed by atoms with Crippen LogP contribution in [0.5, 0.6) is 0 Å². The molecule has 1 aromatic rings. The van der Waals surface area contributed by atoms with Crippen molar-refractivity contribution in [2.24, 2.45) is 0 Å². The Bertz CT molecular complexity index is 271. The molecule has 0 aliphatic rings.